The van der Waals surface area contributed by atoms with E-state index in [2.05, 4.69) is 30.5 Å². The predicted octanol–water partition coefficient (Wildman–Crippen LogP) is 2.61. The number of hydrogen-bond donors (Lipinski definition) is 2. The van der Waals surface area contributed by atoms with Crippen molar-refractivity contribution < 1.29 is 9.90 Å². The first-order chi connectivity index (χ1) is 6.81. The molecule has 0 fully saturated rings. The van der Waals surface area contributed by atoms with Crippen LogP contribution in [0.5, 0.6) is 0 Å². The summed E-state index contributed by atoms with van der Waals surface area (Å²) in [5.74, 6) is -0.919. The number of anilines is 1. The molecule has 5 heteroatoms. The normalized spacial score (nSPS) is 11.5. The van der Waals surface area contributed by atoms with E-state index in [0.29, 0.717) is 16.3 Å². The van der Waals surface area contributed by atoms with Gasteiger partial charge >= 0.3 is 5.97 Å². The van der Waals surface area contributed by atoms with Gasteiger partial charge in [-0.05, 0) is 23.9 Å². The molecule has 0 unspecified atom stereocenters. The van der Waals surface area contributed by atoms with Crippen molar-refractivity contribution in [3.8, 4) is 0 Å². The Morgan fingerprint density at radius 3 is 2.60 bits per heavy atom. The quantitative estimate of drug-likeness (QED) is 0.834. The molecule has 1 aromatic rings. The average molecular weight is 228 g/mol. The van der Waals surface area contributed by atoms with Gasteiger partial charge in [-0.15, -0.1) is 0 Å². The number of rotatable bonds is 3. The topological polar surface area (TPSA) is 62.2 Å². The van der Waals surface area contributed by atoms with Crippen molar-refractivity contribution in [2.45, 2.75) is 27.7 Å². The lowest BCUT2D eigenvalue weighted by Crippen LogP contribution is -2.19. The number of aromatic nitrogens is 1. The highest BCUT2D eigenvalue weighted by Gasteiger charge is 2.19. The molecule has 0 aliphatic heterocycles. The second kappa shape index (κ2) is 4.18. The lowest BCUT2D eigenvalue weighted by Gasteiger charge is -2.18. The minimum Gasteiger partial charge on any atom is -0.478 e. The fourth-order valence-corrected chi connectivity index (χ4v) is 1.87. The Labute approximate surface area is 93.5 Å². The fraction of sp³-hybridized carbons (Fsp3) is 0.600. The number of nitrogens with zero attached hydrogens (tertiary/aromatic N) is 1. The largest absolute Gasteiger partial charge is 0.478 e. The first-order valence-electron chi connectivity index (χ1n) is 4.75. The van der Waals surface area contributed by atoms with Crippen molar-refractivity contribution in [2.75, 3.05) is 11.9 Å². The highest BCUT2D eigenvalue weighted by atomic mass is 32.1. The summed E-state index contributed by atoms with van der Waals surface area (Å²) < 4.78 is 4.04. The first-order valence-corrected chi connectivity index (χ1v) is 5.52. The highest BCUT2D eigenvalue weighted by molar-refractivity contribution is 7.10. The van der Waals surface area contributed by atoms with Crippen LogP contribution >= 0.6 is 11.5 Å². The molecule has 1 rings (SSSR count). The van der Waals surface area contributed by atoms with Crippen LogP contribution in [0.1, 0.15) is 36.8 Å². The molecule has 1 heterocycles. The Bertz CT molecular complexity index is 366. The van der Waals surface area contributed by atoms with Gasteiger partial charge in [-0.1, -0.05) is 20.8 Å². The molecule has 15 heavy (non-hydrogen) atoms. The Hall–Kier alpha value is -1.10. The van der Waals surface area contributed by atoms with Crippen molar-refractivity contribution in [3.05, 3.63) is 11.3 Å². The van der Waals surface area contributed by atoms with E-state index in [9.17, 15) is 4.79 Å². The number of hydrogen-bond acceptors (Lipinski definition) is 4. The van der Waals surface area contributed by atoms with E-state index >= 15 is 0 Å². The van der Waals surface area contributed by atoms with Crippen molar-refractivity contribution in [2.24, 2.45) is 5.41 Å². The zero-order valence-corrected chi connectivity index (χ0v) is 10.2. The molecular weight excluding hydrogens is 212 g/mol. The molecule has 0 aliphatic rings. The molecular formula is C10H16N2O2S. The Balaban J connectivity index is 2.82. The number of aryl methyl sites for hydroxylation is 1. The zero-order chi connectivity index (χ0) is 11.6. The number of carbonyl (C=O) groups is 1. The van der Waals surface area contributed by atoms with E-state index in [1.54, 1.807) is 6.92 Å². The van der Waals surface area contributed by atoms with E-state index in [-0.39, 0.29) is 5.41 Å². The molecule has 2 N–H and O–H groups in total. The third-order valence-electron chi connectivity index (χ3n) is 1.86. The van der Waals surface area contributed by atoms with Crippen LogP contribution in [-0.4, -0.2) is 22.0 Å². The van der Waals surface area contributed by atoms with Crippen molar-refractivity contribution in [3.63, 3.8) is 0 Å². The van der Waals surface area contributed by atoms with Crippen molar-refractivity contribution in [1.29, 1.82) is 0 Å². The lowest BCUT2D eigenvalue weighted by atomic mass is 9.97. The van der Waals surface area contributed by atoms with Crippen LogP contribution in [0.2, 0.25) is 0 Å². The van der Waals surface area contributed by atoms with Gasteiger partial charge in [0, 0.05) is 6.54 Å². The first kappa shape index (κ1) is 12.0. The summed E-state index contributed by atoms with van der Waals surface area (Å²) in [4.78, 5) is 11.0. The number of carboxylic acids is 1. The molecule has 0 radical (unpaired) electrons. The third kappa shape index (κ3) is 3.20. The Morgan fingerprint density at radius 2 is 2.13 bits per heavy atom. The van der Waals surface area contributed by atoms with Crippen LogP contribution in [0.3, 0.4) is 0 Å². The molecule has 0 aromatic carbocycles. The minimum atomic E-state index is -0.919. The molecule has 0 saturated carbocycles. The molecule has 0 bridgehead atoms. The van der Waals surface area contributed by atoms with E-state index < -0.39 is 5.97 Å². The van der Waals surface area contributed by atoms with Gasteiger partial charge in [0.1, 0.15) is 10.6 Å². The lowest BCUT2D eigenvalue weighted by molar-refractivity contribution is 0.0697. The summed E-state index contributed by atoms with van der Waals surface area (Å²) in [6.07, 6.45) is 0. The number of carboxylic acid groups (broad SMARTS) is 1. The van der Waals surface area contributed by atoms with Gasteiger partial charge in [-0.3, -0.25) is 0 Å². The second-order valence-electron chi connectivity index (χ2n) is 4.69. The summed E-state index contributed by atoms with van der Waals surface area (Å²) >= 11 is 1.20. The molecule has 0 atom stereocenters. The molecule has 0 saturated heterocycles. The SMILES string of the molecule is Cc1nsc(NCC(C)(C)C)c1C(=O)O. The van der Waals surface area contributed by atoms with E-state index in [1.165, 1.54) is 11.5 Å². The second-order valence-corrected chi connectivity index (χ2v) is 5.46. The molecule has 84 valence electrons. The fourth-order valence-electron chi connectivity index (χ4n) is 1.09. The maximum atomic E-state index is 11.0. The maximum absolute atomic E-state index is 11.0. The Kier molecular flexibility index (Phi) is 3.34. The van der Waals surface area contributed by atoms with Gasteiger partial charge in [-0.25, -0.2) is 4.79 Å². The van der Waals surface area contributed by atoms with Gasteiger partial charge in [0.25, 0.3) is 0 Å². The smallest absolute Gasteiger partial charge is 0.340 e. The summed E-state index contributed by atoms with van der Waals surface area (Å²) in [6.45, 7) is 8.72. The van der Waals surface area contributed by atoms with E-state index in [1.807, 2.05) is 0 Å². The highest BCUT2D eigenvalue weighted by Crippen LogP contribution is 2.25. The Morgan fingerprint density at radius 1 is 1.53 bits per heavy atom. The summed E-state index contributed by atoms with van der Waals surface area (Å²) in [5, 5.41) is 12.8. The third-order valence-corrected chi connectivity index (χ3v) is 2.75. The monoisotopic (exact) mass is 228 g/mol. The molecule has 0 spiro atoms. The van der Waals surface area contributed by atoms with Crippen LogP contribution < -0.4 is 5.32 Å². The molecule has 0 aliphatic carbocycles. The van der Waals surface area contributed by atoms with Gasteiger partial charge in [0.2, 0.25) is 0 Å². The van der Waals surface area contributed by atoms with Crippen LogP contribution in [0.15, 0.2) is 0 Å². The van der Waals surface area contributed by atoms with E-state index in [0.717, 1.165) is 6.54 Å². The van der Waals surface area contributed by atoms with Gasteiger partial charge in [0.15, 0.2) is 0 Å². The molecule has 0 amide bonds. The molecule has 4 nitrogen and oxygen atoms in total. The maximum Gasteiger partial charge on any atom is 0.340 e. The average Bonchev–Trinajstić information content (AvgIpc) is 2.42. The van der Waals surface area contributed by atoms with Crippen LogP contribution in [0.25, 0.3) is 0 Å². The van der Waals surface area contributed by atoms with Gasteiger partial charge < -0.3 is 10.4 Å². The van der Waals surface area contributed by atoms with Gasteiger partial charge in [0.05, 0.1) is 5.69 Å². The van der Waals surface area contributed by atoms with Crippen LogP contribution in [0.4, 0.5) is 5.00 Å². The summed E-state index contributed by atoms with van der Waals surface area (Å²) in [7, 11) is 0. The number of aromatic carboxylic acids is 1. The summed E-state index contributed by atoms with van der Waals surface area (Å²) in [6, 6.07) is 0. The minimum absolute atomic E-state index is 0.119. The number of nitrogens with one attached hydrogen (secondary N) is 1. The molecule has 1 aromatic heterocycles. The van der Waals surface area contributed by atoms with Crippen LogP contribution in [-0.2, 0) is 0 Å². The van der Waals surface area contributed by atoms with E-state index in [4.69, 9.17) is 5.11 Å². The predicted molar refractivity (Wildman–Crippen MR) is 61.8 cm³/mol. The zero-order valence-electron chi connectivity index (χ0n) is 9.42. The summed E-state index contributed by atoms with van der Waals surface area (Å²) in [5.41, 5.74) is 0.987. The standard InChI is InChI=1S/C10H16N2O2S/c1-6-7(9(13)14)8(15-12-6)11-5-10(2,3)4/h11H,5H2,1-4H3,(H,13,14). The van der Waals surface area contributed by atoms with Crippen molar-refractivity contribution >= 4 is 22.5 Å². The van der Waals surface area contributed by atoms with Crippen LogP contribution in [0, 0.1) is 12.3 Å². The van der Waals surface area contributed by atoms with Crippen molar-refractivity contribution in [1.82, 2.24) is 4.37 Å². The van der Waals surface area contributed by atoms with Gasteiger partial charge in [-0.2, -0.15) is 4.37 Å².